The summed E-state index contributed by atoms with van der Waals surface area (Å²) >= 11 is 0. The van der Waals surface area contributed by atoms with Gasteiger partial charge in [-0.05, 0) is 53.6 Å². The van der Waals surface area contributed by atoms with E-state index in [1.807, 2.05) is 25.7 Å². The van der Waals surface area contributed by atoms with Gasteiger partial charge in [0.2, 0.25) is 0 Å². The molecule has 1 amide bonds. The molecule has 5 heteroatoms. The number of likely N-dealkylation sites (N-methyl/N-ethyl adjacent to an activating group) is 1. The molecule has 0 radical (unpaired) electrons. The Morgan fingerprint density at radius 3 is 2.33 bits per heavy atom. The van der Waals surface area contributed by atoms with Crippen LogP contribution in [-0.2, 0) is 9.47 Å². The van der Waals surface area contributed by atoms with Crippen molar-refractivity contribution >= 4 is 6.09 Å². The summed E-state index contributed by atoms with van der Waals surface area (Å²) in [6.45, 7) is 9.37. The number of ether oxygens (including phenoxy) is 2. The van der Waals surface area contributed by atoms with E-state index >= 15 is 0 Å². The number of amides is 1. The van der Waals surface area contributed by atoms with E-state index in [1.165, 1.54) is 6.42 Å². The van der Waals surface area contributed by atoms with Crippen molar-refractivity contribution in [3.8, 4) is 0 Å². The third-order valence-corrected chi connectivity index (χ3v) is 5.34. The Balaban J connectivity index is 1.59. The van der Waals surface area contributed by atoms with Crippen LogP contribution in [0.2, 0.25) is 0 Å². The number of piperidine rings is 2. The molecule has 0 aliphatic carbocycles. The molecule has 3 heterocycles. The van der Waals surface area contributed by atoms with Crippen LogP contribution >= 0.6 is 0 Å². The molecule has 5 nitrogen and oxygen atoms in total. The van der Waals surface area contributed by atoms with Gasteiger partial charge in [-0.3, -0.25) is 4.90 Å². The standard InChI is InChI=1S/C16H28N2O3/c1-15(2,3)21-14(19)18-9-6-16(7-10-18)5-8-17(4)12-11-20-13(12)16/h12-13H,5-11H2,1-4H3. The fourth-order valence-corrected chi connectivity index (χ4v) is 3.92. The molecule has 0 aromatic carbocycles. The van der Waals surface area contributed by atoms with Crippen molar-refractivity contribution in [2.45, 2.75) is 57.8 Å². The van der Waals surface area contributed by atoms with Gasteiger partial charge in [-0.2, -0.15) is 0 Å². The van der Waals surface area contributed by atoms with E-state index in [2.05, 4.69) is 11.9 Å². The number of carbonyl (C=O) groups excluding carboxylic acids is 1. The first-order valence-electron chi connectivity index (χ1n) is 8.11. The van der Waals surface area contributed by atoms with E-state index in [0.717, 1.165) is 39.1 Å². The zero-order chi connectivity index (χ0) is 15.3. The molecular weight excluding hydrogens is 268 g/mol. The lowest BCUT2D eigenvalue weighted by Gasteiger charge is -2.59. The summed E-state index contributed by atoms with van der Waals surface area (Å²) in [5.74, 6) is 0. The summed E-state index contributed by atoms with van der Waals surface area (Å²) in [4.78, 5) is 16.5. The first kappa shape index (κ1) is 15.1. The van der Waals surface area contributed by atoms with Gasteiger partial charge in [0.15, 0.2) is 0 Å². The lowest BCUT2D eigenvalue weighted by atomic mass is 9.65. The predicted molar refractivity (Wildman–Crippen MR) is 80.2 cm³/mol. The average molecular weight is 296 g/mol. The molecule has 1 spiro atoms. The summed E-state index contributed by atoms with van der Waals surface area (Å²) in [6, 6.07) is 0.590. The Bertz CT molecular complexity index is 410. The van der Waals surface area contributed by atoms with Crippen molar-refractivity contribution in [3.63, 3.8) is 0 Å². The molecule has 21 heavy (non-hydrogen) atoms. The summed E-state index contributed by atoms with van der Waals surface area (Å²) in [5.41, 5.74) is -0.129. The van der Waals surface area contributed by atoms with E-state index in [9.17, 15) is 4.79 Å². The Labute approximate surface area is 127 Å². The minimum atomic E-state index is -0.415. The van der Waals surface area contributed by atoms with E-state index in [0.29, 0.717) is 12.1 Å². The summed E-state index contributed by atoms with van der Waals surface area (Å²) < 4.78 is 11.4. The average Bonchev–Trinajstić information content (AvgIpc) is 2.32. The maximum atomic E-state index is 12.2. The highest BCUT2D eigenvalue weighted by Crippen LogP contribution is 2.48. The quantitative estimate of drug-likeness (QED) is 0.686. The smallest absolute Gasteiger partial charge is 0.410 e. The summed E-state index contributed by atoms with van der Waals surface area (Å²) in [6.07, 6.45) is 3.48. The van der Waals surface area contributed by atoms with Crippen molar-refractivity contribution in [1.82, 2.24) is 9.80 Å². The second-order valence-corrected chi connectivity index (χ2v) is 7.88. The van der Waals surface area contributed by atoms with Gasteiger partial charge < -0.3 is 14.4 Å². The van der Waals surface area contributed by atoms with E-state index in [1.54, 1.807) is 0 Å². The Hall–Kier alpha value is -0.810. The van der Waals surface area contributed by atoms with Crippen molar-refractivity contribution in [1.29, 1.82) is 0 Å². The van der Waals surface area contributed by atoms with Crippen LogP contribution in [0.5, 0.6) is 0 Å². The maximum absolute atomic E-state index is 12.2. The topological polar surface area (TPSA) is 42.0 Å². The van der Waals surface area contributed by atoms with Gasteiger partial charge in [0.05, 0.1) is 18.8 Å². The van der Waals surface area contributed by atoms with Gasteiger partial charge in [-0.25, -0.2) is 4.79 Å². The third-order valence-electron chi connectivity index (χ3n) is 5.34. The van der Waals surface area contributed by atoms with Gasteiger partial charge in [0, 0.05) is 18.5 Å². The van der Waals surface area contributed by atoms with E-state index in [-0.39, 0.29) is 11.5 Å². The van der Waals surface area contributed by atoms with E-state index in [4.69, 9.17) is 9.47 Å². The molecule has 0 aromatic rings. The number of hydrogen-bond donors (Lipinski definition) is 0. The highest BCUT2D eigenvalue weighted by molar-refractivity contribution is 5.68. The number of hydrogen-bond acceptors (Lipinski definition) is 4. The molecule has 3 saturated heterocycles. The van der Waals surface area contributed by atoms with Crippen molar-refractivity contribution in [2.75, 3.05) is 33.3 Å². The van der Waals surface area contributed by atoms with Crippen LogP contribution in [-0.4, -0.2) is 66.9 Å². The van der Waals surface area contributed by atoms with Crippen LogP contribution in [0.25, 0.3) is 0 Å². The third kappa shape index (κ3) is 2.78. The monoisotopic (exact) mass is 296 g/mol. The Kier molecular flexibility index (Phi) is 3.69. The lowest BCUT2D eigenvalue weighted by molar-refractivity contribution is -0.222. The minimum Gasteiger partial charge on any atom is -0.444 e. The number of nitrogens with zero attached hydrogens (tertiary/aromatic N) is 2. The molecule has 0 aromatic heterocycles. The van der Waals surface area contributed by atoms with Crippen LogP contribution < -0.4 is 0 Å². The van der Waals surface area contributed by atoms with Crippen LogP contribution in [0.3, 0.4) is 0 Å². The Morgan fingerprint density at radius 1 is 1.19 bits per heavy atom. The fourth-order valence-electron chi connectivity index (χ4n) is 3.92. The number of fused-ring (bicyclic) bond motifs is 2. The van der Waals surface area contributed by atoms with Crippen LogP contribution in [0, 0.1) is 5.41 Å². The molecule has 3 aliphatic heterocycles. The molecular formula is C16H28N2O3. The number of likely N-dealkylation sites (tertiary alicyclic amines) is 2. The largest absolute Gasteiger partial charge is 0.444 e. The summed E-state index contributed by atoms with van der Waals surface area (Å²) in [7, 11) is 2.20. The first-order chi connectivity index (χ1) is 9.81. The van der Waals surface area contributed by atoms with Crippen molar-refractivity contribution < 1.29 is 14.3 Å². The zero-order valence-electron chi connectivity index (χ0n) is 13.7. The van der Waals surface area contributed by atoms with Crippen LogP contribution in [0.1, 0.15) is 40.0 Å². The first-order valence-corrected chi connectivity index (χ1v) is 8.11. The van der Waals surface area contributed by atoms with E-state index < -0.39 is 5.60 Å². The maximum Gasteiger partial charge on any atom is 0.410 e. The molecule has 3 rings (SSSR count). The van der Waals surface area contributed by atoms with Crippen molar-refractivity contribution in [3.05, 3.63) is 0 Å². The van der Waals surface area contributed by atoms with Gasteiger partial charge in [0.25, 0.3) is 0 Å². The number of carbonyl (C=O) groups is 1. The number of rotatable bonds is 0. The van der Waals surface area contributed by atoms with Gasteiger partial charge in [-0.1, -0.05) is 0 Å². The van der Waals surface area contributed by atoms with Gasteiger partial charge in [0.1, 0.15) is 5.60 Å². The van der Waals surface area contributed by atoms with Crippen molar-refractivity contribution in [2.24, 2.45) is 5.41 Å². The lowest BCUT2D eigenvalue weighted by Crippen LogP contribution is -2.67. The Morgan fingerprint density at radius 2 is 1.81 bits per heavy atom. The predicted octanol–water partition coefficient (Wildman–Crippen LogP) is 2.11. The minimum absolute atomic E-state index is 0.170. The normalized spacial score (nSPS) is 32.5. The molecule has 0 bridgehead atoms. The van der Waals surface area contributed by atoms with Gasteiger partial charge >= 0.3 is 6.09 Å². The van der Waals surface area contributed by atoms with Crippen LogP contribution in [0.4, 0.5) is 4.79 Å². The second kappa shape index (κ2) is 5.13. The molecule has 2 unspecified atom stereocenters. The summed E-state index contributed by atoms with van der Waals surface area (Å²) in [5, 5.41) is 0. The SMILES string of the molecule is CN1CCC2(CCN(C(=O)OC(C)(C)C)CC2)C2OCC21. The fraction of sp³-hybridized carbons (Fsp3) is 0.938. The zero-order valence-corrected chi connectivity index (χ0v) is 13.7. The molecule has 3 fully saturated rings. The highest BCUT2D eigenvalue weighted by Gasteiger charge is 2.54. The molecule has 3 aliphatic rings. The molecule has 0 N–H and O–H groups in total. The van der Waals surface area contributed by atoms with Gasteiger partial charge in [-0.15, -0.1) is 0 Å². The highest BCUT2D eigenvalue weighted by atomic mass is 16.6. The second-order valence-electron chi connectivity index (χ2n) is 7.88. The molecule has 120 valence electrons. The molecule has 2 atom stereocenters. The van der Waals surface area contributed by atoms with Crippen LogP contribution in [0.15, 0.2) is 0 Å². The molecule has 0 saturated carbocycles.